The van der Waals surface area contributed by atoms with Crippen molar-refractivity contribution in [2.24, 2.45) is 0 Å². The maximum Gasteiger partial charge on any atom is 0.336 e. The fourth-order valence-corrected chi connectivity index (χ4v) is 2.22. The molecule has 20 heavy (non-hydrogen) atoms. The van der Waals surface area contributed by atoms with Crippen molar-refractivity contribution >= 4 is 5.97 Å². The van der Waals surface area contributed by atoms with Gasteiger partial charge in [0.15, 0.2) is 0 Å². The van der Waals surface area contributed by atoms with E-state index in [1.54, 1.807) is 13.0 Å². The van der Waals surface area contributed by atoms with Gasteiger partial charge in [0.05, 0.1) is 5.57 Å². The van der Waals surface area contributed by atoms with Gasteiger partial charge < -0.3 is 9.84 Å². The molecule has 0 aromatic rings. The quantitative estimate of drug-likeness (QED) is 0.321. The molecule has 0 spiro atoms. The van der Waals surface area contributed by atoms with Crippen molar-refractivity contribution in [3.05, 3.63) is 23.8 Å². The fourth-order valence-electron chi connectivity index (χ4n) is 2.22. The number of carbonyl (C=O) groups is 1. The molecule has 2 atom stereocenters. The fraction of sp³-hybridized carbons (Fsp3) is 0.588. The standard InChI is InChI=1S/C17H24O3/c1-3-4-5-6-7-8-9-10-11-12-13-15-16(18)14(2)20-17(15)19/h1,4-5,13-14,16,18H,6-12H2,2H3. The number of terminal acetylenes is 1. The molecule has 3 heteroatoms. The summed E-state index contributed by atoms with van der Waals surface area (Å²) in [5.41, 5.74) is 0.428. The highest BCUT2D eigenvalue weighted by Gasteiger charge is 2.34. The first-order chi connectivity index (χ1) is 9.66. The second kappa shape index (κ2) is 9.39. The van der Waals surface area contributed by atoms with Gasteiger partial charge in [0.2, 0.25) is 0 Å². The number of carbonyl (C=O) groups excluding carboxylic acids is 1. The average Bonchev–Trinajstić information content (AvgIpc) is 2.67. The Morgan fingerprint density at radius 2 is 1.90 bits per heavy atom. The maximum absolute atomic E-state index is 11.4. The summed E-state index contributed by atoms with van der Waals surface area (Å²) in [5.74, 6) is 2.11. The molecule has 0 amide bonds. The molecule has 110 valence electrons. The summed E-state index contributed by atoms with van der Waals surface area (Å²) in [6, 6.07) is 0. The SMILES string of the molecule is C#CC=CCCCCCCCC=C1C(=O)OC(C)C1O. The van der Waals surface area contributed by atoms with Crippen molar-refractivity contribution in [1.29, 1.82) is 0 Å². The molecule has 1 saturated heterocycles. The van der Waals surface area contributed by atoms with Crippen LogP contribution in [0.3, 0.4) is 0 Å². The summed E-state index contributed by atoms with van der Waals surface area (Å²) in [6.45, 7) is 1.71. The van der Waals surface area contributed by atoms with Crippen LogP contribution in [0.2, 0.25) is 0 Å². The molecule has 1 fully saturated rings. The Hall–Kier alpha value is -1.53. The lowest BCUT2D eigenvalue weighted by Gasteiger charge is -2.04. The van der Waals surface area contributed by atoms with Gasteiger partial charge in [0.25, 0.3) is 0 Å². The molecule has 0 aliphatic carbocycles. The first-order valence-corrected chi connectivity index (χ1v) is 7.37. The van der Waals surface area contributed by atoms with E-state index in [0.717, 1.165) is 25.7 Å². The highest BCUT2D eigenvalue weighted by atomic mass is 16.6. The van der Waals surface area contributed by atoms with Gasteiger partial charge in [-0.2, -0.15) is 0 Å². The van der Waals surface area contributed by atoms with E-state index in [1.807, 2.05) is 12.2 Å². The molecule has 1 N–H and O–H groups in total. The lowest BCUT2D eigenvalue weighted by Crippen LogP contribution is -2.17. The first kappa shape index (κ1) is 16.5. The molecule has 3 nitrogen and oxygen atoms in total. The number of unbranched alkanes of at least 4 members (excludes halogenated alkanes) is 6. The monoisotopic (exact) mass is 276 g/mol. The number of rotatable bonds is 8. The van der Waals surface area contributed by atoms with Crippen LogP contribution in [0, 0.1) is 12.3 Å². The number of esters is 1. The number of ether oxygens (including phenoxy) is 1. The third-order valence-electron chi connectivity index (χ3n) is 3.45. The minimum absolute atomic E-state index is 0.370. The summed E-state index contributed by atoms with van der Waals surface area (Å²) in [7, 11) is 0. The van der Waals surface area contributed by atoms with Gasteiger partial charge in [-0.3, -0.25) is 0 Å². The molecular formula is C17H24O3. The second-order valence-electron chi connectivity index (χ2n) is 5.13. The topological polar surface area (TPSA) is 46.5 Å². The van der Waals surface area contributed by atoms with Crippen LogP contribution in [0.5, 0.6) is 0 Å². The van der Waals surface area contributed by atoms with Crippen molar-refractivity contribution in [1.82, 2.24) is 0 Å². The van der Waals surface area contributed by atoms with Crippen LogP contribution in [-0.4, -0.2) is 23.3 Å². The van der Waals surface area contributed by atoms with Crippen LogP contribution >= 0.6 is 0 Å². The zero-order valence-electron chi connectivity index (χ0n) is 12.2. The Labute approximate surface area is 121 Å². The smallest absolute Gasteiger partial charge is 0.336 e. The summed E-state index contributed by atoms with van der Waals surface area (Å²) < 4.78 is 4.95. The van der Waals surface area contributed by atoms with E-state index in [0.29, 0.717) is 5.57 Å². The molecule has 1 aliphatic heterocycles. The number of cyclic esters (lactones) is 1. The molecule has 0 radical (unpaired) electrons. The molecule has 1 rings (SSSR count). The number of aliphatic hydroxyl groups excluding tert-OH is 1. The lowest BCUT2D eigenvalue weighted by molar-refractivity contribution is -0.138. The Balaban J connectivity index is 2.06. The molecule has 0 aromatic carbocycles. The zero-order valence-corrected chi connectivity index (χ0v) is 12.2. The van der Waals surface area contributed by atoms with Crippen molar-refractivity contribution < 1.29 is 14.6 Å². The van der Waals surface area contributed by atoms with Crippen molar-refractivity contribution in [2.45, 2.75) is 64.1 Å². The number of aliphatic hydroxyl groups is 1. The molecule has 2 unspecified atom stereocenters. The summed E-state index contributed by atoms with van der Waals surface area (Å²) in [6.07, 6.45) is 17.2. The predicted octanol–water partition coefficient (Wildman–Crippen LogP) is 3.14. The molecule has 1 aliphatic rings. The molecule has 0 bridgehead atoms. The van der Waals surface area contributed by atoms with Crippen LogP contribution in [0.4, 0.5) is 0 Å². The lowest BCUT2D eigenvalue weighted by atomic mass is 10.0. The predicted molar refractivity (Wildman–Crippen MR) is 79.9 cm³/mol. The van der Waals surface area contributed by atoms with Gasteiger partial charge in [-0.1, -0.05) is 37.3 Å². The van der Waals surface area contributed by atoms with E-state index in [2.05, 4.69) is 5.92 Å². The van der Waals surface area contributed by atoms with Gasteiger partial charge >= 0.3 is 5.97 Å². The van der Waals surface area contributed by atoms with Crippen molar-refractivity contribution in [2.75, 3.05) is 0 Å². The third-order valence-corrected chi connectivity index (χ3v) is 3.45. The van der Waals surface area contributed by atoms with E-state index >= 15 is 0 Å². The van der Waals surface area contributed by atoms with Crippen LogP contribution in [0.25, 0.3) is 0 Å². The molecular weight excluding hydrogens is 252 g/mol. The largest absolute Gasteiger partial charge is 0.456 e. The number of hydrogen-bond donors (Lipinski definition) is 1. The van der Waals surface area contributed by atoms with Crippen LogP contribution in [-0.2, 0) is 9.53 Å². The highest BCUT2D eigenvalue weighted by Crippen LogP contribution is 2.21. The van der Waals surface area contributed by atoms with Crippen LogP contribution < -0.4 is 0 Å². The van der Waals surface area contributed by atoms with Gasteiger partial charge in [-0.15, -0.1) is 6.42 Å². The van der Waals surface area contributed by atoms with Crippen molar-refractivity contribution in [3.63, 3.8) is 0 Å². The molecule has 1 heterocycles. The Morgan fingerprint density at radius 3 is 2.50 bits per heavy atom. The summed E-state index contributed by atoms with van der Waals surface area (Å²) >= 11 is 0. The van der Waals surface area contributed by atoms with Gasteiger partial charge in [-0.05, 0) is 38.7 Å². The first-order valence-electron chi connectivity index (χ1n) is 7.37. The number of hydrogen-bond acceptors (Lipinski definition) is 3. The Kier molecular flexibility index (Phi) is 7.75. The highest BCUT2D eigenvalue weighted by molar-refractivity contribution is 5.92. The summed E-state index contributed by atoms with van der Waals surface area (Å²) in [5, 5.41) is 9.74. The van der Waals surface area contributed by atoms with E-state index in [-0.39, 0.29) is 5.97 Å². The number of allylic oxidation sites excluding steroid dienone is 3. The minimum Gasteiger partial charge on any atom is -0.456 e. The van der Waals surface area contributed by atoms with E-state index < -0.39 is 12.2 Å². The average molecular weight is 276 g/mol. The van der Waals surface area contributed by atoms with E-state index in [9.17, 15) is 9.90 Å². The normalized spacial score (nSPS) is 24.2. The van der Waals surface area contributed by atoms with Crippen LogP contribution in [0.1, 0.15) is 51.9 Å². The van der Waals surface area contributed by atoms with Gasteiger partial charge in [0.1, 0.15) is 12.2 Å². The molecule has 0 saturated carbocycles. The van der Waals surface area contributed by atoms with Gasteiger partial charge in [0, 0.05) is 0 Å². The summed E-state index contributed by atoms with van der Waals surface area (Å²) in [4.78, 5) is 11.4. The third kappa shape index (κ3) is 5.63. The van der Waals surface area contributed by atoms with Crippen molar-refractivity contribution in [3.8, 4) is 12.3 Å². The molecule has 0 aromatic heterocycles. The maximum atomic E-state index is 11.4. The van der Waals surface area contributed by atoms with E-state index in [4.69, 9.17) is 11.2 Å². The Morgan fingerprint density at radius 1 is 1.25 bits per heavy atom. The van der Waals surface area contributed by atoms with Crippen LogP contribution in [0.15, 0.2) is 23.8 Å². The Bertz CT molecular complexity index is 401. The van der Waals surface area contributed by atoms with E-state index in [1.165, 1.54) is 19.3 Å². The zero-order chi connectivity index (χ0) is 14.8. The van der Waals surface area contributed by atoms with Gasteiger partial charge in [-0.25, -0.2) is 4.79 Å². The minimum atomic E-state index is -0.759. The second-order valence-corrected chi connectivity index (χ2v) is 5.13.